The highest BCUT2D eigenvalue weighted by molar-refractivity contribution is 5.91. The summed E-state index contributed by atoms with van der Waals surface area (Å²) >= 11 is 0. The molecule has 1 fully saturated rings. The van der Waals surface area contributed by atoms with Gasteiger partial charge in [0.05, 0.1) is 32.1 Å². The molecule has 4 atom stereocenters. The average Bonchev–Trinajstić information content (AvgIpc) is 3.69. The van der Waals surface area contributed by atoms with Crippen LogP contribution in [0.2, 0.25) is 0 Å². The summed E-state index contributed by atoms with van der Waals surface area (Å²) in [6, 6.07) is 24.4. The number of imidazole rings is 1. The molecule has 2 aromatic heterocycles. The van der Waals surface area contributed by atoms with Gasteiger partial charge in [0.1, 0.15) is 29.9 Å². The molecule has 1 aliphatic heterocycles. The summed E-state index contributed by atoms with van der Waals surface area (Å²) in [5.41, 5.74) is 0.714. The van der Waals surface area contributed by atoms with Crippen LogP contribution in [-0.2, 0) is 14.9 Å². The maximum Gasteiger partial charge on any atom is 0.280 e. The quantitative estimate of drug-likeness (QED) is 0.167. The number of anilines is 1. The Bertz CT molecular complexity index is 1860. The van der Waals surface area contributed by atoms with Crippen molar-refractivity contribution in [3.05, 3.63) is 112 Å². The predicted molar refractivity (Wildman–Crippen MR) is 174 cm³/mol. The summed E-state index contributed by atoms with van der Waals surface area (Å²) in [4.78, 5) is 36.4. The molecule has 1 aliphatic rings. The number of methoxy groups -OCH3 is 2. The Labute approximate surface area is 271 Å². The normalized spacial score (nSPS) is 18.7. The van der Waals surface area contributed by atoms with Crippen LogP contribution in [0.25, 0.3) is 11.2 Å². The zero-order valence-electron chi connectivity index (χ0n) is 26.5. The van der Waals surface area contributed by atoms with Gasteiger partial charge in [-0.1, -0.05) is 68.4 Å². The summed E-state index contributed by atoms with van der Waals surface area (Å²) in [7, 11) is 3.18. The van der Waals surface area contributed by atoms with Gasteiger partial charge in [-0.05, 0) is 41.0 Å². The molecule has 4 N–H and O–H groups in total. The smallest absolute Gasteiger partial charge is 0.280 e. The van der Waals surface area contributed by atoms with Crippen molar-refractivity contribution < 1.29 is 29.2 Å². The van der Waals surface area contributed by atoms with Crippen LogP contribution < -0.4 is 20.3 Å². The van der Waals surface area contributed by atoms with Crippen LogP contribution in [0.1, 0.15) is 43.2 Å². The molecule has 0 bridgehead atoms. The fourth-order valence-electron chi connectivity index (χ4n) is 6.26. The van der Waals surface area contributed by atoms with E-state index in [9.17, 15) is 19.8 Å². The molecule has 0 saturated carbocycles. The van der Waals surface area contributed by atoms with Gasteiger partial charge in [0.25, 0.3) is 5.56 Å². The first kappa shape index (κ1) is 31.9. The number of H-pyrrole nitrogens is 1. The van der Waals surface area contributed by atoms with Gasteiger partial charge >= 0.3 is 0 Å². The third-order valence-corrected chi connectivity index (χ3v) is 8.72. The van der Waals surface area contributed by atoms with Crippen LogP contribution in [0.5, 0.6) is 11.5 Å². The molecule has 3 heterocycles. The lowest BCUT2D eigenvalue weighted by molar-refractivity contribution is -0.118. The molecule has 3 aromatic carbocycles. The van der Waals surface area contributed by atoms with Crippen molar-refractivity contribution in [3.8, 4) is 11.5 Å². The van der Waals surface area contributed by atoms with Gasteiger partial charge < -0.3 is 24.4 Å². The van der Waals surface area contributed by atoms with Gasteiger partial charge in [0, 0.05) is 12.3 Å². The SMILES string of the molecule is COc1ccc(C(c2ccccc2)(c2ccc(OC)cc2)C(O)[C@H]2O[C@@H](n3cnc4c(=O)[nH]c(NC(=O)C(C)C)nc43)CC2O)cc1. The highest BCUT2D eigenvalue weighted by atomic mass is 16.5. The maximum absolute atomic E-state index is 12.8. The Morgan fingerprint density at radius 3 is 2.11 bits per heavy atom. The number of hydrogen-bond donors (Lipinski definition) is 4. The topological polar surface area (TPSA) is 161 Å². The minimum atomic E-state index is -1.32. The summed E-state index contributed by atoms with van der Waals surface area (Å²) in [5.74, 6) is 0.618. The van der Waals surface area contributed by atoms with Gasteiger partial charge in [-0.15, -0.1) is 0 Å². The molecule has 2 unspecified atom stereocenters. The molecule has 12 nitrogen and oxygen atoms in total. The minimum Gasteiger partial charge on any atom is -0.497 e. The van der Waals surface area contributed by atoms with E-state index in [1.807, 2.05) is 78.9 Å². The van der Waals surface area contributed by atoms with Crippen molar-refractivity contribution in [2.24, 2.45) is 5.92 Å². The Morgan fingerprint density at radius 2 is 1.55 bits per heavy atom. The van der Waals surface area contributed by atoms with Crippen LogP contribution in [0, 0.1) is 5.92 Å². The zero-order valence-corrected chi connectivity index (χ0v) is 26.5. The van der Waals surface area contributed by atoms with Gasteiger partial charge in [-0.3, -0.25) is 24.5 Å². The number of nitrogens with zero attached hydrogens (tertiary/aromatic N) is 3. The van der Waals surface area contributed by atoms with Crippen molar-refractivity contribution in [1.29, 1.82) is 0 Å². The fraction of sp³-hybridized carbons (Fsp3) is 0.314. The van der Waals surface area contributed by atoms with Crippen molar-refractivity contribution in [1.82, 2.24) is 19.5 Å². The van der Waals surface area contributed by atoms with Crippen LogP contribution in [-0.4, -0.2) is 68.2 Å². The average molecular weight is 640 g/mol. The van der Waals surface area contributed by atoms with Gasteiger partial charge in [-0.2, -0.15) is 4.98 Å². The van der Waals surface area contributed by atoms with E-state index in [-0.39, 0.29) is 35.4 Å². The van der Waals surface area contributed by atoms with E-state index >= 15 is 0 Å². The highest BCUT2D eigenvalue weighted by Crippen LogP contribution is 2.47. The summed E-state index contributed by atoms with van der Waals surface area (Å²) < 4.78 is 18.9. The number of benzene rings is 3. The number of carbonyl (C=O) groups excluding carboxylic acids is 1. The Kier molecular flexibility index (Phi) is 8.82. The Hall–Kier alpha value is -5.04. The molecular formula is C35H37N5O7. The molecule has 5 aromatic rings. The van der Waals surface area contributed by atoms with Crippen molar-refractivity contribution in [3.63, 3.8) is 0 Å². The van der Waals surface area contributed by atoms with E-state index in [1.54, 1.807) is 28.1 Å². The number of hydrogen-bond acceptors (Lipinski definition) is 9. The number of aromatic nitrogens is 4. The minimum absolute atomic E-state index is 0.0276. The van der Waals surface area contributed by atoms with Gasteiger partial charge in [0.2, 0.25) is 11.9 Å². The third kappa shape index (κ3) is 5.75. The number of fused-ring (bicyclic) bond motifs is 1. The standard InChI is InChI=1S/C35H37N5O7/c1-20(2)32(43)38-34-37-31-28(33(44)39-34)36-19-40(31)27-18-26(41)29(47-27)30(42)35(21-8-6-5-7-9-21,22-10-14-24(45-3)15-11-22)23-12-16-25(46-4)17-13-23/h5-17,19-20,26-27,29-30,41-42H,18H2,1-4H3,(H2,37,38,39,43,44)/t26?,27-,29+,30?/m1/s1. The van der Waals surface area contributed by atoms with E-state index in [0.717, 1.165) is 16.7 Å². The van der Waals surface area contributed by atoms with Gasteiger partial charge in [-0.25, -0.2) is 4.98 Å². The Morgan fingerprint density at radius 1 is 0.979 bits per heavy atom. The molecule has 244 valence electrons. The molecule has 0 radical (unpaired) electrons. The molecular weight excluding hydrogens is 602 g/mol. The molecule has 1 amide bonds. The summed E-state index contributed by atoms with van der Waals surface area (Å²) in [6.07, 6.45) is -2.88. The number of ether oxygens (including phenoxy) is 3. The lowest BCUT2D eigenvalue weighted by Crippen LogP contribution is -2.51. The second-order valence-corrected chi connectivity index (χ2v) is 11.8. The number of nitrogens with one attached hydrogen (secondary N) is 2. The number of aliphatic hydroxyl groups excluding tert-OH is 2. The monoisotopic (exact) mass is 639 g/mol. The van der Waals surface area contributed by atoms with Gasteiger partial charge in [0.15, 0.2) is 11.2 Å². The van der Waals surface area contributed by atoms with E-state index in [2.05, 4.69) is 20.3 Å². The first-order valence-corrected chi connectivity index (χ1v) is 15.3. The number of aliphatic hydroxyl groups is 2. The molecule has 0 spiro atoms. The second kappa shape index (κ2) is 13.0. The predicted octanol–water partition coefficient (Wildman–Crippen LogP) is 3.78. The zero-order chi connectivity index (χ0) is 33.3. The van der Waals surface area contributed by atoms with Crippen LogP contribution in [0.4, 0.5) is 5.95 Å². The third-order valence-electron chi connectivity index (χ3n) is 8.72. The van der Waals surface area contributed by atoms with E-state index in [1.165, 1.54) is 10.9 Å². The lowest BCUT2D eigenvalue weighted by Gasteiger charge is -2.43. The molecule has 12 heteroatoms. The number of aromatic amines is 1. The second-order valence-electron chi connectivity index (χ2n) is 11.8. The molecule has 0 aliphatic carbocycles. The molecule has 47 heavy (non-hydrogen) atoms. The molecule has 6 rings (SSSR count). The first-order chi connectivity index (χ1) is 22.7. The summed E-state index contributed by atoms with van der Waals surface area (Å²) in [5, 5.41) is 26.8. The van der Waals surface area contributed by atoms with Crippen LogP contribution in [0.15, 0.2) is 90.0 Å². The first-order valence-electron chi connectivity index (χ1n) is 15.3. The largest absolute Gasteiger partial charge is 0.497 e. The summed E-state index contributed by atoms with van der Waals surface area (Å²) in [6.45, 7) is 3.45. The van der Waals surface area contributed by atoms with Crippen LogP contribution in [0.3, 0.4) is 0 Å². The number of amides is 1. The maximum atomic E-state index is 12.8. The van der Waals surface area contributed by atoms with E-state index in [4.69, 9.17) is 14.2 Å². The lowest BCUT2D eigenvalue weighted by atomic mass is 9.64. The Balaban J connectivity index is 1.45. The number of rotatable bonds is 10. The van der Waals surface area contributed by atoms with Crippen molar-refractivity contribution >= 4 is 23.0 Å². The van der Waals surface area contributed by atoms with Crippen molar-refractivity contribution in [2.45, 2.75) is 50.2 Å². The van der Waals surface area contributed by atoms with E-state index in [0.29, 0.717) is 11.5 Å². The fourth-order valence-corrected chi connectivity index (χ4v) is 6.26. The number of carbonyl (C=O) groups is 1. The molecule has 1 saturated heterocycles. The highest BCUT2D eigenvalue weighted by Gasteiger charge is 2.52. The van der Waals surface area contributed by atoms with E-state index < -0.39 is 35.5 Å². The van der Waals surface area contributed by atoms with Crippen LogP contribution >= 0.6 is 0 Å². The van der Waals surface area contributed by atoms with Crippen molar-refractivity contribution in [2.75, 3.05) is 19.5 Å².